The number of fused-ring (bicyclic) bond motifs is 3. The second kappa shape index (κ2) is 7.37. The molecule has 0 saturated carbocycles. The Hall–Kier alpha value is -2.97. The first-order chi connectivity index (χ1) is 14.5. The standard InChI is InChI=1S/C28H25NS/c1-28(2,3)18-19-13-14-29-25(15-19)22-9-11-23-24-16-21(20-7-5-4-6-8-20)10-12-26(24)30-27(23)17-22/h4-17H,18H2,1-3H3. The highest BCUT2D eigenvalue weighted by molar-refractivity contribution is 7.25. The second-order valence-electron chi connectivity index (χ2n) is 9.18. The van der Waals surface area contributed by atoms with Crippen molar-refractivity contribution in [3.05, 3.63) is 90.6 Å². The molecule has 0 unspecified atom stereocenters. The highest BCUT2D eigenvalue weighted by Gasteiger charge is 2.13. The van der Waals surface area contributed by atoms with Crippen molar-refractivity contribution in [3.8, 4) is 22.4 Å². The van der Waals surface area contributed by atoms with Crippen molar-refractivity contribution in [2.75, 3.05) is 0 Å². The Balaban J connectivity index is 1.57. The third-order valence-corrected chi connectivity index (χ3v) is 6.57. The van der Waals surface area contributed by atoms with E-state index in [1.165, 1.54) is 42.4 Å². The van der Waals surface area contributed by atoms with E-state index in [1.54, 1.807) is 0 Å². The Labute approximate surface area is 182 Å². The molecule has 3 aromatic carbocycles. The van der Waals surface area contributed by atoms with Crippen LogP contribution in [-0.4, -0.2) is 4.98 Å². The maximum absolute atomic E-state index is 4.66. The summed E-state index contributed by atoms with van der Waals surface area (Å²) in [5, 5.41) is 2.65. The normalized spacial score (nSPS) is 12.0. The summed E-state index contributed by atoms with van der Waals surface area (Å²) in [4.78, 5) is 4.66. The number of hydrogen-bond acceptors (Lipinski definition) is 2. The molecule has 0 aliphatic carbocycles. The van der Waals surface area contributed by atoms with Crippen LogP contribution in [0.1, 0.15) is 26.3 Å². The van der Waals surface area contributed by atoms with E-state index in [2.05, 4.69) is 105 Å². The summed E-state index contributed by atoms with van der Waals surface area (Å²) in [6.07, 6.45) is 2.99. The molecule has 5 aromatic rings. The minimum absolute atomic E-state index is 0.268. The van der Waals surface area contributed by atoms with E-state index >= 15 is 0 Å². The molecule has 0 fully saturated rings. The number of thiophene rings is 1. The van der Waals surface area contributed by atoms with Gasteiger partial charge in [-0.25, -0.2) is 0 Å². The lowest BCUT2D eigenvalue weighted by Gasteiger charge is -2.18. The molecule has 0 aliphatic rings. The van der Waals surface area contributed by atoms with Crippen molar-refractivity contribution in [1.29, 1.82) is 0 Å². The number of rotatable bonds is 3. The van der Waals surface area contributed by atoms with E-state index in [4.69, 9.17) is 0 Å². The lowest BCUT2D eigenvalue weighted by molar-refractivity contribution is 0.411. The molecule has 148 valence electrons. The van der Waals surface area contributed by atoms with E-state index in [0.29, 0.717) is 0 Å². The van der Waals surface area contributed by atoms with Crippen molar-refractivity contribution in [1.82, 2.24) is 4.98 Å². The van der Waals surface area contributed by atoms with Gasteiger partial charge in [0.1, 0.15) is 0 Å². The molecular formula is C28H25NS. The molecule has 0 aliphatic heterocycles. The summed E-state index contributed by atoms with van der Waals surface area (Å²) in [6.45, 7) is 6.83. The first-order valence-corrected chi connectivity index (χ1v) is 11.2. The number of hydrogen-bond donors (Lipinski definition) is 0. The molecule has 0 atom stereocenters. The van der Waals surface area contributed by atoms with Crippen molar-refractivity contribution < 1.29 is 0 Å². The van der Waals surface area contributed by atoms with Crippen LogP contribution < -0.4 is 0 Å². The van der Waals surface area contributed by atoms with Gasteiger partial charge in [-0.1, -0.05) is 69.3 Å². The molecule has 0 spiro atoms. The van der Waals surface area contributed by atoms with E-state index in [1.807, 2.05) is 17.5 Å². The van der Waals surface area contributed by atoms with Crippen molar-refractivity contribution in [2.24, 2.45) is 5.41 Å². The summed E-state index contributed by atoms with van der Waals surface area (Å²) >= 11 is 1.86. The van der Waals surface area contributed by atoms with Gasteiger partial charge in [-0.15, -0.1) is 11.3 Å². The Morgan fingerprint density at radius 1 is 0.700 bits per heavy atom. The molecule has 30 heavy (non-hydrogen) atoms. The van der Waals surface area contributed by atoms with Gasteiger partial charge in [-0.2, -0.15) is 0 Å². The highest BCUT2D eigenvalue weighted by atomic mass is 32.1. The van der Waals surface area contributed by atoms with Gasteiger partial charge in [-0.3, -0.25) is 4.98 Å². The predicted octanol–water partition coefficient (Wildman–Crippen LogP) is 8.37. The molecule has 0 radical (unpaired) electrons. The largest absolute Gasteiger partial charge is 0.256 e. The zero-order valence-electron chi connectivity index (χ0n) is 17.6. The van der Waals surface area contributed by atoms with Gasteiger partial charge in [0.25, 0.3) is 0 Å². The van der Waals surface area contributed by atoms with Gasteiger partial charge in [0.2, 0.25) is 0 Å². The molecule has 0 bridgehead atoms. The van der Waals surface area contributed by atoms with Crippen LogP contribution in [0.25, 0.3) is 42.6 Å². The molecule has 2 heterocycles. The van der Waals surface area contributed by atoms with E-state index in [0.717, 1.165) is 12.1 Å². The maximum Gasteiger partial charge on any atom is 0.0705 e. The third kappa shape index (κ3) is 3.76. The first kappa shape index (κ1) is 19.0. The van der Waals surface area contributed by atoms with Crippen LogP contribution in [0.2, 0.25) is 0 Å². The first-order valence-electron chi connectivity index (χ1n) is 10.4. The van der Waals surface area contributed by atoms with Crippen LogP contribution in [0.3, 0.4) is 0 Å². The molecule has 2 heteroatoms. The van der Waals surface area contributed by atoms with Crippen LogP contribution in [0.5, 0.6) is 0 Å². The molecule has 0 N–H and O–H groups in total. The van der Waals surface area contributed by atoms with Gasteiger partial charge in [0.05, 0.1) is 5.69 Å². The zero-order chi connectivity index (χ0) is 20.7. The Bertz CT molecular complexity index is 1340. The molecule has 1 nitrogen and oxygen atoms in total. The van der Waals surface area contributed by atoms with Crippen LogP contribution in [0.4, 0.5) is 0 Å². The van der Waals surface area contributed by atoms with Gasteiger partial charge >= 0.3 is 0 Å². The highest BCUT2D eigenvalue weighted by Crippen LogP contribution is 2.38. The van der Waals surface area contributed by atoms with Crippen LogP contribution in [-0.2, 0) is 6.42 Å². The molecule has 5 rings (SSSR count). The summed E-state index contributed by atoms with van der Waals surface area (Å²) in [5.41, 5.74) is 6.38. The topological polar surface area (TPSA) is 12.9 Å². The van der Waals surface area contributed by atoms with Crippen LogP contribution in [0.15, 0.2) is 85.1 Å². The lowest BCUT2D eigenvalue weighted by atomic mass is 9.88. The summed E-state index contributed by atoms with van der Waals surface area (Å²) in [5.74, 6) is 0. The smallest absolute Gasteiger partial charge is 0.0705 e. The Morgan fingerprint density at radius 3 is 2.30 bits per heavy atom. The van der Waals surface area contributed by atoms with Gasteiger partial charge < -0.3 is 0 Å². The van der Waals surface area contributed by atoms with Gasteiger partial charge in [-0.05, 0) is 58.9 Å². The van der Waals surface area contributed by atoms with Gasteiger partial charge in [0, 0.05) is 31.9 Å². The lowest BCUT2D eigenvalue weighted by Crippen LogP contribution is -2.09. The van der Waals surface area contributed by atoms with Crippen LogP contribution >= 0.6 is 11.3 Å². The van der Waals surface area contributed by atoms with E-state index in [-0.39, 0.29) is 5.41 Å². The Morgan fingerprint density at radius 2 is 1.50 bits per heavy atom. The molecular weight excluding hydrogens is 382 g/mol. The molecule has 0 saturated heterocycles. The minimum atomic E-state index is 0.268. The fraction of sp³-hybridized carbons (Fsp3) is 0.179. The Kier molecular flexibility index (Phi) is 4.67. The molecule has 0 amide bonds. The minimum Gasteiger partial charge on any atom is -0.256 e. The predicted molar refractivity (Wildman–Crippen MR) is 131 cm³/mol. The number of nitrogens with zero attached hydrogens (tertiary/aromatic N) is 1. The molecule has 2 aromatic heterocycles. The fourth-order valence-corrected chi connectivity index (χ4v) is 5.23. The maximum atomic E-state index is 4.66. The van der Waals surface area contributed by atoms with Crippen molar-refractivity contribution in [3.63, 3.8) is 0 Å². The average Bonchev–Trinajstić information content (AvgIpc) is 3.10. The summed E-state index contributed by atoms with van der Waals surface area (Å²) in [7, 11) is 0. The zero-order valence-corrected chi connectivity index (χ0v) is 18.5. The summed E-state index contributed by atoms with van der Waals surface area (Å²) in [6, 6.07) is 28.6. The van der Waals surface area contributed by atoms with Crippen molar-refractivity contribution >= 4 is 31.5 Å². The summed E-state index contributed by atoms with van der Waals surface area (Å²) < 4.78 is 2.65. The third-order valence-electron chi connectivity index (χ3n) is 5.43. The number of pyridine rings is 1. The second-order valence-corrected chi connectivity index (χ2v) is 10.3. The van der Waals surface area contributed by atoms with Gasteiger partial charge in [0.15, 0.2) is 0 Å². The monoisotopic (exact) mass is 407 g/mol. The van der Waals surface area contributed by atoms with E-state index < -0.39 is 0 Å². The van der Waals surface area contributed by atoms with Crippen molar-refractivity contribution in [2.45, 2.75) is 27.2 Å². The average molecular weight is 408 g/mol. The quantitative estimate of drug-likeness (QED) is 0.293. The SMILES string of the molecule is CC(C)(C)Cc1ccnc(-c2ccc3c(c2)sc2ccc(-c4ccccc4)cc23)c1. The fourth-order valence-electron chi connectivity index (χ4n) is 4.10. The number of aromatic nitrogens is 1. The van der Waals surface area contributed by atoms with Crippen LogP contribution in [0, 0.1) is 5.41 Å². The number of benzene rings is 3. The van der Waals surface area contributed by atoms with E-state index in [9.17, 15) is 0 Å².